The van der Waals surface area contributed by atoms with Crippen molar-refractivity contribution in [1.82, 2.24) is 0 Å². The maximum atomic E-state index is 14.0. The van der Waals surface area contributed by atoms with Crippen LogP contribution in [0.4, 0.5) is 4.39 Å². The Morgan fingerprint density at radius 1 is 1.23 bits per heavy atom. The predicted molar refractivity (Wildman–Crippen MR) is 84.7 cm³/mol. The summed E-state index contributed by atoms with van der Waals surface area (Å²) in [6, 6.07) is 9.82. The van der Waals surface area contributed by atoms with Crippen LogP contribution in [0.5, 0.6) is 0 Å². The van der Waals surface area contributed by atoms with Gasteiger partial charge in [-0.05, 0) is 48.7 Å². The van der Waals surface area contributed by atoms with Gasteiger partial charge in [-0.15, -0.1) is 0 Å². The van der Waals surface area contributed by atoms with Crippen molar-refractivity contribution >= 4 is 32.9 Å². The van der Waals surface area contributed by atoms with Crippen molar-refractivity contribution in [3.8, 4) is 0 Å². The summed E-state index contributed by atoms with van der Waals surface area (Å²) in [7, 11) is 0. The summed E-state index contributed by atoms with van der Waals surface area (Å²) in [5.41, 5.74) is 1.88. The fraction of sp³-hybridized carbons (Fsp3) is 0.118. The molecule has 5 heteroatoms. The minimum atomic E-state index is -1.12. The number of benzene rings is 2. The second-order valence-corrected chi connectivity index (χ2v) is 5.89. The molecule has 0 fully saturated rings. The Labute approximate surface area is 134 Å². The molecule has 0 bridgehead atoms. The van der Waals surface area contributed by atoms with Gasteiger partial charge in [-0.1, -0.05) is 22.0 Å². The first-order valence-electron chi connectivity index (χ1n) is 6.72. The monoisotopic (exact) mass is 362 g/mol. The normalized spacial score (nSPS) is 11.0. The fourth-order valence-corrected chi connectivity index (χ4v) is 3.10. The molecule has 0 atom stereocenters. The van der Waals surface area contributed by atoms with Gasteiger partial charge in [-0.3, -0.25) is 0 Å². The zero-order valence-electron chi connectivity index (χ0n) is 11.5. The molecule has 2 aromatic carbocycles. The summed E-state index contributed by atoms with van der Waals surface area (Å²) >= 11 is 3.44. The number of carboxylic acid groups (broad SMARTS) is 1. The lowest BCUT2D eigenvalue weighted by Gasteiger charge is -2.08. The van der Waals surface area contributed by atoms with Gasteiger partial charge in [0.2, 0.25) is 0 Å². The molecule has 3 nitrogen and oxygen atoms in total. The first-order chi connectivity index (χ1) is 10.6. The zero-order chi connectivity index (χ0) is 15.7. The minimum absolute atomic E-state index is 0.00526. The molecule has 0 aliphatic heterocycles. The molecule has 0 aliphatic carbocycles. The van der Waals surface area contributed by atoms with Gasteiger partial charge in [0.15, 0.2) is 0 Å². The topological polar surface area (TPSA) is 50.4 Å². The molecule has 0 unspecified atom stereocenters. The quantitative estimate of drug-likeness (QED) is 0.723. The van der Waals surface area contributed by atoms with E-state index in [4.69, 9.17) is 4.42 Å². The number of hydrogen-bond acceptors (Lipinski definition) is 2. The molecule has 112 valence electrons. The summed E-state index contributed by atoms with van der Waals surface area (Å²) in [5, 5.41) is 10.1. The van der Waals surface area contributed by atoms with Crippen molar-refractivity contribution in [3.63, 3.8) is 0 Å². The second-order valence-electron chi connectivity index (χ2n) is 4.97. The van der Waals surface area contributed by atoms with E-state index < -0.39 is 11.8 Å². The SMILES string of the molecule is O=C(O)c1cccc(F)c1CCc1cc(Br)cc2ccoc12. The molecule has 0 spiro atoms. The van der Waals surface area contributed by atoms with Gasteiger partial charge in [0.1, 0.15) is 11.4 Å². The molecule has 0 amide bonds. The molecule has 0 saturated carbocycles. The smallest absolute Gasteiger partial charge is 0.336 e. The van der Waals surface area contributed by atoms with Gasteiger partial charge in [0, 0.05) is 15.4 Å². The molecule has 1 aromatic heterocycles. The van der Waals surface area contributed by atoms with Crippen LogP contribution in [0, 0.1) is 5.82 Å². The standard InChI is InChI=1S/C17H12BrFO3/c18-12-8-10(16-11(9-12)6-7-22-16)4-5-13-14(17(20)21)2-1-3-15(13)19/h1-3,6-9H,4-5H2,(H,20,21). The Hall–Kier alpha value is -2.14. The van der Waals surface area contributed by atoms with Gasteiger partial charge in [-0.25, -0.2) is 9.18 Å². The van der Waals surface area contributed by atoms with Crippen LogP contribution in [0.3, 0.4) is 0 Å². The van der Waals surface area contributed by atoms with Crippen LogP contribution >= 0.6 is 15.9 Å². The first kappa shape index (κ1) is 14.8. The molecule has 0 radical (unpaired) electrons. The summed E-state index contributed by atoms with van der Waals surface area (Å²) in [6.45, 7) is 0. The lowest BCUT2D eigenvalue weighted by Crippen LogP contribution is -2.06. The van der Waals surface area contributed by atoms with Crippen LogP contribution in [0.15, 0.2) is 51.6 Å². The molecule has 3 aromatic rings. The summed E-state index contributed by atoms with van der Waals surface area (Å²) in [5.74, 6) is -1.61. The number of rotatable bonds is 4. The van der Waals surface area contributed by atoms with Crippen LogP contribution in [0.1, 0.15) is 21.5 Å². The highest BCUT2D eigenvalue weighted by molar-refractivity contribution is 9.10. The third kappa shape index (κ3) is 2.76. The molecule has 1 heterocycles. The van der Waals surface area contributed by atoms with E-state index in [0.29, 0.717) is 12.8 Å². The van der Waals surface area contributed by atoms with E-state index in [1.807, 2.05) is 18.2 Å². The van der Waals surface area contributed by atoms with Crippen molar-refractivity contribution < 1.29 is 18.7 Å². The fourth-order valence-electron chi connectivity index (χ4n) is 2.57. The summed E-state index contributed by atoms with van der Waals surface area (Å²) in [4.78, 5) is 11.2. The molecule has 1 N–H and O–H groups in total. The van der Waals surface area contributed by atoms with Gasteiger partial charge in [0.25, 0.3) is 0 Å². The predicted octanol–water partition coefficient (Wildman–Crippen LogP) is 4.82. The van der Waals surface area contributed by atoms with Crippen molar-refractivity contribution in [2.45, 2.75) is 12.8 Å². The van der Waals surface area contributed by atoms with Crippen LogP contribution in [0.25, 0.3) is 11.0 Å². The third-order valence-corrected chi connectivity index (χ3v) is 4.04. The molecule has 3 rings (SSSR count). The van der Waals surface area contributed by atoms with Crippen LogP contribution < -0.4 is 0 Å². The van der Waals surface area contributed by atoms with E-state index in [9.17, 15) is 14.3 Å². The molecule has 22 heavy (non-hydrogen) atoms. The van der Waals surface area contributed by atoms with Gasteiger partial charge < -0.3 is 9.52 Å². The number of aromatic carboxylic acids is 1. The lowest BCUT2D eigenvalue weighted by molar-refractivity contribution is 0.0695. The van der Waals surface area contributed by atoms with E-state index in [-0.39, 0.29) is 11.1 Å². The number of carboxylic acids is 1. The summed E-state index contributed by atoms with van der Waals surface area (Å²) < 4.78 is 20.3. The van der Waals surface area contributed by atoms with Gasteiger partial charge in [-0.2, -0.15) is 0 Å². The van der Waals surface area contributed by atoms with Crippen molar-refractivity contribution in [1.29, 1.82) is 0 Å². The number of furan rings is 1. The number of hydrogen-bond donors (Lipinski definition) is 1. The van der Waals surface area contributed by atoms with Crippen LogP contribution in [-0.2, 0) is 12.8 Å². The number of fused-ring (bicyclic) bond motifs is 1. The highest BCUT2D eigenvalue weighted by Gasteiger charge is 2.15. The Bertz CT molecular complexity index is 854. The maximum absolute atomic E-state index is 14.0. The van der Waals surface area contributed by atoms with Crippen molar-refractivity contribution in [2.24, 2.45) is 0 Å². The van der Waals surface area contributed by atoms with Crippen molar-refractivity contribution in [3.05, 3.63) is 69.6 Å². The average molecular weight is 363 g/mol. The Kier molecular flexibility index (Phi) is 3.98. The molecule has 0 saturated heterocycles. The van der Waals surface area contributed by atoms with Gasteiger partial charge >= 0.3 is 5.97 Å². The van der Waals surface area contributed by atoms with Gasteiger partial charge in [0.05, 0.1) is 11.8 Å². The first-order valence-corrected chi connectivity index (χ1v) is 7.52. The average Bonchev–Trinajstić information content (AvgIpc) is 2.93. The van der Waals surface area contributed by atoms with Crippen molar-refractivity contribution in [2.75, 3.05) is 0 Å². The van der Waals surface area contributed by atoms with E-state index in [1.54, 1.807) is 6.26 Å². The number of halogens is 2. The van der Waals surface area contributed by atoms with E-state index in [2.05, 4.69) is 15.9 Å². The molecular weight excluding hydrogens is 351 g/mol. The third-order valence-electron chi connectivity index (χ3n) is 3.59. The highest BCUT2D eigenvalue weighted by Crippen LogP contribution is 2.27. The second kappa shape index (κ2) is 5.93. The Morgan fingerprint density at radius 3 is 2.82 bits per heavy atom. The number of aryl methyl sites for hydroxylation is 1. The largest absolute Gasteiger partial charge is 0.478 e. The minimum Gasteiger partial charge on any atom is -0.478 e. The van der Waals surface area contributed by atoms with E-state index in [0.717, 1.165) is 21.0 Å². The highest BCUT2D eigenvalue weighted by atomic mass is 79.9. The Balaban J connectivity index is 1.95. The summed E-state index contributed by atoms with van der Waals surface area (Å²) in [6.07, 6.45) is 2.39. The maximum Gasteiger partial charge on any atom is 0.336 e. The van der Waals surface area contributed by atoms with E-state index in [1.165, 1.54) is 18.2 Å². The molecular formula is C17H12BrFO3. The van der Waals surface area contributed by atoms with E-state index >= 15 is 0 Å². The van der Waals surface area contributed by atoms with Crippen LogP contribution in [-0.4, -0.2) is 11.1 Å². The van der Waals surface area contributed by atoms with Crippen LogP contribution in [0.2, 0.25) is 0 Å². The number of carbonyl (C=O) groups is 1. The lowest BCUT2D eigenvalue weighted by atomic mass is 9.98. The molecule has 0 aliphatic rings. The zero-order valence-corrected chi connectivity index (χ0v) is 13.1. The Morgan fingerprint density at radius 2 is 2.05 bits per heavy atom.